The van der Waals surface area contributed by atoms with Crippen molar-refractivity contribution >= 4 is 0 Å². The van der Waals surface area contributed by atoms with Crippen molar-refractivity contribution in [1.29, 1.82) is 0 Å². The predicted octanol–water partition coefficient (Wildman–Crippen LogP) is 6.21. The highest BCUT2D eigenvalue weighted by molar-refractivity contribution is 4.83. The molecule has 0 heterocycles. The van der Waals surface area contributed by atoms with Crippen LogP contribution in [0, 0.1) is 5.41 Å². The van der Waals surface area contributed by atoms with Crippen LogP contribution in [0.1, 0.15) is 110 Å². The Labute approximate surface area is 128 Å². The highest BCUT2D eigenvalue weighted by atomic mass is 14.6. The Bertz CT molecular complexity index is 206. The summed E-state index contributed by atoms with van der Waals surface area (Å²) in [6.45, 7) is 3.23. The topological polar surface area (TPSA) is 26.0 Å². The van der Waals surface area contributed by atoms with Gasteiger partial charge in [0.2, 0.25) is 0 Å². The van der Waals surface area contributed by atoms with Crippen LogP contribution in [0.5, 0.6) is 0 Å². The van der Waals surface area contributed by atoms with Gasteiger partial charge < -0.3 is 5.73 Å². The minimum absolute atomic E-state index is 0.540. The second-order valence-electron chi connectivity index (χ2n) is 7.20. The third-order valence-corrected chi connectivity index (χ3v) is 5.41. The molecular weight excluding hydrogens is 242 g/mol. The summed E-state index contributed by atoms with van der Waals surface area (Å²) in [6, 6.07) is 0. The standard InChI is InChI=1S/C19H39N/c1-2-3-4-5-6-7-8-9-10-12-15-19(18-20)16-13-11-14-17-19/h2-18,20H2,1H3. The van der Waals surface area contributed by atoms with Crippen LogP contribution < -0.4 is 5.73 Å². The summed E-state index contributed by atoms with van der Waals surface area (Å²) in [6.07, 6.45) is 22.9. The molecule has 20 heavy (non-hydrogen) atoms. The summed E-state index contributed by atoms with van der Waals surface area (Å²) in [5.41, 5.74) is 6.60. The minimum atomic E-state index is 0.540. The zero-order valence-corrected chi connectivity index (χ0v) is 14.1. The van der Waals surface area contributed by atoms with Crippen molar-refractivity contribution in [3.05, 3.63) is 0 Å². The SMILES string of the molecule is CCCCCCCCCCCCC1(CN)CCCCC1. The van der Waals surface area contributed by atoms with Gasteiger partial charge in [0, 0.05) is 0 Å². The largest absolute Gasteiger partial charge is 0.330 e. The lowest BCUT2D eigenvalue weighted by atomic mass is 9.71. The first kappa shape index (κ1) is 18.0. The van der Waals surface area contributed by atoms with E-state index in [4.69, 9.17) is 5.73 Å². The quantitative estimate of drug-likeness (QED) is 0.423. The van der Waals surface area contributed by atoms with Crippen LogP contribution in [0.15, 0.2) is 0 Å². The first-order valence-electron chi connectivity index (χ1n) is 9.53. The van der Waals surface area contributed by atoms with Crippen molar-refractivity contribution in [2.45, 2.75) is 110 Å². The maximum absolute atomic E-state index is 6.06. The molecule has 0 aliphatic heterocycles. The van der Waals surface area contributed by atoms with Crippen LogP contribution >= 0.6 is 0 Å². The van der Waals surface area contributed by atoms with Crippen LogP contribution in [-0.4, -0.2) is 6.54 Å². The van der Waals surface area contributed by atoms with Crippen LogP contribution in [0.25, 0.3) is 0 Å². The first-order valence-corrected chi connectivity index (χ1v) is 9.53. The normalized spacial score (nSPS) is 18.3. The first-order chi connectivity index (χ1) is 9.83. The Hall–Kier alpha value is -0.0400. The Morgan fingerprint density at radius 3 is 1.70 bits per heavy atom. The average Bonchev–Trinajstić information content (AvgIpc) is 2.50. The Balaban J connectivity index is 1.91. The Kier molecular flexibility index (Phi) is 10.4. The van der Waals surface area contributed by atoms with Gasteiger partial charge in [-0.15, -0.1) is 0 Å². The summed E-state index contributed by atoms with van der Waals surface area (Å²) < 4.78 is 0. The third-order valence-electron chi connectivity index (χ3n) is 5.41. The third kappa shape index (κ3) is 7.67. The van der Waals surface area contributed by atoms with Crippen LogP contribution in [0.3, 0.4) is 0 Å². The Morgan fingerprint density at radius 1 is 0.700 bits per heavy atom. The highest BCUT2D eigenvalue weighted by Gasteiger charge is 2.29. The Morgan fingerprint density at radius 2 is 1.20 bits per heavy atom. The molecule has 1 heteroatoms. The molecule has 0 spiro atoms. The molecule has 2 N–H and O–H groups in total. The lowest BCUT2D eigenvalue weighted by Gasteiger charge is -2.36. The van der Waals surface area contributed by atoms with Gasteiger partial charge in [-0.1, -0.05) is 90.4 Å². The van der Waals surface area contributed by atoms with Gasteiger partial charge in [0.05, 0.1) is 0 Å². The molecule has 0 unspecified atom stereocenters. The summed E-state index contributed by atoms with van der Waals surface area (Å²) >= 11 is 0. The van der Waals surface area contributed by atoms with Crippen molar-refractivity contribution in [3.8, 4) is 0 Å². The van der Waals surface area contributed by atoms with Crippen LogP contribution in [-0.2, 0) is 0 Å². The molecule has 0 atom stereocenters. The fourth-order valence-electron chi connectivity index (χ4n) is 3.85. The molecule has 0 aromatic heterocycles. The lowest BCUT2D eigenvalue weighted by Crippen LogP contribution is -2.32. The molecule has 0 saturated heterocycles. The molecule has 1 aliphatic carbocycles. The van der Waals surface area contributed by atoms with E-state index in [-0.39, 0.29) is 0 Å². The van der Waals surface area contributed by atoms with E-state index in [0.29, 0.717) is 5.41 Å². The van der Waals surface area contributed by atoms with E-state index in [1.54, 1.807) is 0 Å². The maximum atomic E-state index is 6.06. The fourth-order valence-corrected chi connectivity index (χ4v) is 3.85. The minimum Gasteiger partial charge on any atom is -0.330 e. The van der Waals surface area contributed by atoms with E-state index in [0.717, 1.165) is 6.54 Å². The van der Waals surface area contributed by atoms with Gasteiger partial charge in [-0.25, -0.2) is 0 Å². The summed E-state index contributed by atoms with van der Waals surface area (Å²) in [5.74, 6) is 0. The van der Waals surface area contributed by atoms with Crippen molar-refractivity contribution in [2.75, 3.05) is 6.54 Å². The summed E-state index contributed by atoms with van der Waals surface area (Å²) in [7, 11) is 0. The van der Waals surface area contributed by atoms with Gasteiger partial charge in [0.1, 0.15) is 0 Å². The monoisotopic (exact) mass is 281 g/mol. The summed E-state index contributed by atoms with van der Waals surface area (Å²) in [4.78, 5) is 0. The van der Waals surface area contributed by atoms with Gasteiger partial charge in [-0.05, 0) is 31.2 Å². The van der Waals surface area contributed by atoms with Crippen molar-refractivity contribution < 1.29 is 0 Å². The molecule has 1 nitrogen and oxygen atoms in total. The van der Waals surface area contributed by atoms with Crippen LogP contribution in [0.4, 0.5) is 0 Å². The van der Waals surface area contributed by atoms with E-state index < -0.39 is 0 Å². The molecule has 0 aromatic rings. The highest BCUT2D eigenvalue weighted by Crippen LogP contribution is 2.39. The molecule has 1 fully saturated rings. The van der Waals surface area contributed by atoms with E-state index >= 15 is 0 Å². The lowest BCUT2D eigenvalue weighted by molar-refractivity contribution is 0.176. The van der Waals surface area contributed by atoms with Crippen molar-refractivity contribution in [3.63, 3.8) is 0 Å². The van der Waals surface area contributed by atoms with Gasteiger partial charge in [0.15, 0.2) is 0 Å². The number of rotatable bonds is 12. The van der Waals surface area contributed by atoms with Gasteiger partial charge >= 0.3 is 0 Å². The maximum Gasteiger partial charge on any atom is -0.00205 e. The van der Waals surface area contributed by atoms with E-state index in [1.165, 1.54) is 103 Å². The van der Waals surface area contributed by atoms with Crippen molar-refractivity contribution in [1.82, 2.24) is 0 Å². The van der Waals surface area contributed by atoms with Gasteiger partial charge in [-0.3, -0.25) is 0 Å². The summed E-state index contributed by atoms with van der Waals surface area (Å²) in [5, 5.41) is 0. The zero-order valence-electron chi connectivity index (χ0n) is 14.1. The van der Waals surface area contributed by atoms with Crippen molar-refractivity contribution in [2.24, 2.45) is 11.1 Å². The smallest absolute Gasteiger partial charge is 0.00205 e. The average molecular weight is 282 g/mol. The van der Waals surface area contributed by atoms with E-state index in [1.807, 2.05) is 0 Å². The molecule has 0 bridgehead atoms. The predicted molar refractivity (Wildman–Crippen MR) is 91.0 cm³/mol. The number of nitrogens with two attached hydrogens (primary N) is 1. The zero-order chi connectivity index (χ0) is 14.5. The molecule has 0 radical (unpaired) electrons. The second kappa shape index (κ2) is 11.6. The van der Waals surface area contributed by atoms with Gasteiger partial charge in [0.25, 0.3) is 0 Å². The molecule has 1 saturated carbocycles. The van der Waals surface area contributed by atoms with Crippen LogP contribution in [0.2, 0.25) is 0 Å². The second-order valence-corrected chi connectivity index (χ2v) is 7.20. The number of unbranched alkanes of at least 4 members (excludes halogenated alkanes) is 9. The molecular formula is C19H39N. The number of hydrogen-bond donors (Lipinski definition) is 1. The molecule has 0 amide bonds. The molecule has 0 aromatic carbocycles. The molecule has 1 rings (SSSR count). The molecule has 120 valence electrons. The van der Waals surface area contributed by atoms with E-state index in [2.05, 4.69) is 6.92 Å². The van der Waals surface area contributed by atoms with Gasteiger partial charge in [-0.2, -0.15) is 0 Å². The fraction of sp³-hybridized carbons (Fsp3) is 1.00. The number of hydrogen-bond acceptors (Lipinski definition) is 1. The molecule has 1 aliphatic rings. The van der Waals surface area contributed by atoms with E-state index in [9.17, 15) is 0 Å².